The largest absolute Gasteiger partial charge is 0.0652 e. The monoisotopic (exact) mass is 400 g/mol. The molecule has 0 aromatic heterocycles. The molecule has 2 aliphatic carbocycles. The van der Waals surface area contributed by atoms with Gasteiger partial charge < -0.3 is 0 Å². The van der Waals surface area contributed by atoms with Crippen molar-refractivity contribution in [3.05, 3.63) is 99.0 Å². The van der Waals surface area contributed by atoms with Crippen molar-refractivity contribution in [1.82, 2.24) is 0 Å². The molecule has 0 aliphatic heterocycles. The summed E-state index contributed by atoms with van der Waals surface area (Å²) in [6.07, 6.45) is 4.75. The molecule has 26 heavy (non-hydrogen) atoms. The Hall–Kier alpha value is -2.12. The Bertz CT molecular complexity index is 982. The zero-order valence-corrected chi connectivity index (χ0v) is 16.5. The lowest BCUT2D eigenvalue weighted by Gasteiger charge is -2.19. The van der Waals surface area contributed by atoms with E-state index in [2.05, 4.69) is 95.7 Å². The summed E-state index contributed by atoms with van der Waals surface area (Å²) < 4.78 is 1.22. The second kappa shape index (κ2) is 6.25. The maximum Gasteiger partial charge on any atom is 0.0250 e. The first kappa shape index (κ1) is 16.1. The van der Waals surface area contributed by atoms with Crippen molar-refractivity contribution in [2.24, 2.45) is 0 Å². The van der Waals surface area contributed by atoms with Gasteiger partial charge in [0.15, 0.2) is 0 Å². The first-order valence-electron chi connectivity index (χ1n) is 9.39. The van der Waals surface area contributed by atoms with E-state index in [9.17, 15) is 0 Å². The van der Waals surface area contributed by atoms with E-state index < -0.39 is 0 Å². The second-order valence-corrected chi connectivity index (χ2v) is 8.34. The molecule has 0 nitrogen and oxygen atoms in total. The fourth-order valence-electron chi connectivity index (χ4n) is 4.87. The van der Waals surface area contributed by atoms with Crippen LogP contribution in [0.25, 0.3) is 17.2 Å². The third-order valence-corrected chi connectivity index (χ3v) is 6.78. The summed E-state index contributed by atoms with van der Waals surface area (Å²) in [5, 5.41) is 0. The van der Waals surface area contributed by atoms with Crippen LogP contribution < -0.4 is 0 Å². The molecule has 1 atom stereocenters. The molecule has 0 heterocycles. The molecule has 1 unspecified atom stereocenters. The van der Waals surface area contributed by atoms with Crippen LogP contribution >= 0.6 is 15.9 Å². The molecular weight excluding hydrogens is 380 g/mol. The molecular formula is C25H21Br. The van der Waals surface area contributed by atoms with E-state index in [4.69, 9.17) is 0 Å². The number of halogens is 1. The maximum absolute atomic E-state index is 3.72. The lowest BCUT2D eigenvalue weighted by Crippen LogP contribution is -2.03. The van der Waals surface area contributed by atoms with Crippen LogP contribution in [0, 0.1) is 0 Å². The Morgan fingerprint density at radius 2 is 1.27 bits per heavy atom. The highest BCUT2D eigenvalue weighted by atomic mass is 79.9. The zero-order chi connectivity index (χ0) is 17.7. The van der Waals surface area contributed by atoms with Crippen molar-refractivity contribution in [1.29, 1.82) is 0 Å². The van der Waals surface area contributed by atoms with Gasteiger partial charge in [0, 0.05) is 16.3 Å². The van der Waals surface area contributed by atoms with Crippen molar-refractivity contribution in [2.75, 3.05) is 0 Å². The lowest BCUT2D eigenvalue weighted by atomic mass is 9.85. The van der Waals surface area contributed by atoms with Gasteiger partial charge in [0.25, 0.3) is 0 Å². The smallest absolute Gasteiger partial charge is 0.0250 e. The molecule has 0 spiro atoms. The van der Waals surface area contributed by atoms with E-state index >= 15 is 0 Å². The molecule has 0 fully saturated rings. The van der Waals surface area contributed by atoms with E-state index in [0.717, 1.165) is 0 Å². The number of allylic oxidation sites excluding steroid dienone is 1. The van der Waals surface area contributed by atoms with Crippen LogP contribution in [0.1, 0.15) is 53.9 Å². The van der Waals surface area contributed by atoms with Crippen molar-refractivity contribution in [2.45, 2.75) is 31.6 Å². The summed E-state index contributed by atoms with van der Waals surface area (Å²) in [5.41, 5.74) is 10.2. The Kier molecular flexibility index (Phi) is 3.86. The van der Waals surface area contributed by atoms with E-state index in [0.29, 0.717) is 11.8 Å². The summed E-state index contributed by atoms with van der Waals surface area (Å²) in [4.78, 5) is 0. The molecule has 0 N–H and O–H groups in total. The van der Waals surface area contributed by atoms with Gasteiger partial charge in [-0.2, -0.15) is 0 Å². The summed E-state index contributed by atoms with van der Waals surface area (Å²) in [5.74, 6) is 1.06. The predicted octanol–water partition coefficient (Wildman–Crippen LogP) is 7.54. The summed E-state index contributed by atoms with van der Waals surface area (Å²) >= 11 is 3.72. The molecule has 0 amide bonds. The van der Waals surface area contributed by atoms with Crippen LogP contribution in [0.4, 0.5) is 0 Å². The van der Waals surface area contributed by atoms with Gasteiger partial charge in [0.05, 0.1) is 0 Å². The maximum atomic E-state index is 3.72. The Labute approximate surface area is 163 Å². The molecule has 0 radical (unpaired) electrons. The van der Waals surface area contributed by atoms with Gasteiger partial charge in [-0.25, -0.2) is 0 Å². The van der Waals surface area contributed by atoms with E-state index in [1.807, 2.05) is 0 Å². The number of fused-ring (bicyclic) bond motifs is 4. The summed E-state index contributed by atoms with van der Waals surface area (Å²) in [6.45, 7) is 2.29. The Morgan fingerprint density at radius 3 is 1.96 bits per heavy atom. The molecule has 0 saturated carbocycles. The minimum atomic E-state index is 0.520. The molecule has 1 heteroatoms. The van der Waals surface area contributed by atoms with Crippen LogP contribution in [0.3, 0.4) is 0 Å². The highest BCUT2D eigenvalue weighted by Gasteiger charge is 2.30. The van der Waals surface area contributed by atoms with Gasteiger partial charge in [-0.3, -0.25) is 0 Å². The molecule has 0 bridgehead atoms. The van der Waals surface area contributed by atoms with Crippen LogP contribution in [0.2, 0.25) is 0 Å². The van der Waals surface area contributed by atoms with Crippen molar-refractivity contribution < 1.29 is 0 Å². The summed E-state index contributed by atoms with van der Waals surface area (Å²) in [6, 6.07) is 24.5. The number of benzene rings is 3. The Balaban J connectivity index is 1.47. The predicted molar refractivity (Wildman–Crippen MR) is 113 cm³/mol. The fraction of sp³-hybridized carbons (Fsp3) is 0.200. The first-order valence-corrected chi connectivity index (χ1v) is 10.2. The van der Waals surface area contributed by atoms with Crippen LogP contribution in [0.15, 0.2) is 76.8 Å². The van der Waals surface area contributed by atoms with Crippen LogP contribution in [-0.4, -0.2) is 0 Å². The zero-order valence-electron chi connectivity index (χ0n) is 14.9. The molecule has 2 aliphatic rings. The molecule has 3 aromatic carbocycles. The highest BCUT2D eigenvalue weighted by molar-refractivity contribution is 9.10. The van der Waals surface area contributed by atoms with Gasteiger partial charge in [-0.15, -0.1) is 0 Å². The van der Waals surface area contributed by atoms with Crippen LogP contribution in [0.5, 0.6) is 0 Å². The number of hydrogen-bond donors (Lipinski definition) is 0. The van der Waals surface area contributed by atoms with Gasteiger partial charge in [0.1, 0.15) is 0 Å². The summed E-state index contributed by atoms with van der Waals surface area (Å²) in [7, 11) is 0. The van der Waals surface area contributed by atoms with Crippen molar-refractivity contribution in [3.63, 3.8) is 0 Å². The molecule has 3 aromatic rings. The number of hydrogen-bond acceptors (Lipinski definition) is 0. The third kappa shape index (κ3) is 2.41. The van der Waals surface area contributed by atoms with Gasteiger partial charge in [0.2, 0.25) is 0 Å². The first-order chi connectivity index (χ1) is 12.7. The minimum absolute atomic E-state index is 0.520. The SMILES string of the molecule is CC1=Cc2c(Br)cccc2C1CCC1c2ccccc2-c2ccccc21. The molecule has 128 valence electrons. The normalized spacial score (nSPS) is 17.6. The quantitative estimate of drug-likeness (QED) is 0.425. The van der Waals surface area contributed by atoms with E-state index in [-0.39, 0.29) is 0 Å². The molecule has 5 rings (SSSR count). The average molecular weight is 401 g/mol. The highest BCUT2D eigenvalue weighted by Crippen LogP contribution is 2.49. The van der Waals surface area contributed by atoms with Crippen molar-refractivity contribution >= 4 is 22.0 Å². The van der Waals surface area contributed by atoms with Gasteiger partial charge in [-0.05, 0) is 59.2 Å². The van der Waals surface area contributed by atoms with Gasteiger partial charge in [-0.1, -0.05) is 88.2 Å². The second-order valence-electron chi connectivity index (χ2n) is 7.49. The van der Waals surface area contributed by atoms with Gasteiger partial charge >= 0.3 is 0 Å². The van der Waals surface area contributed by atoms with E-state index in [1.54, 1.807) is 0 Å². The van der Waals surface area contributed by atoms with E-state index in [1.165, 1.54) is 56.3 Å². The molecule has 0 saturated heterocycles. The third-order valence-electron chi connectivity index (χ3n) is 6.09. The van der Waals surface area contributed by atoms with Crippen molar-refractivity contribution in [3.8, 4) is 11.1 Å². The standard InChI is InChI=1S/C25H21Br/c1-16-15-24-18(11-6-12-25(24)26)17(16)13-14-23-21-9-4-2-7-19(21)20-8-3-5-10-22(20)23/h2-12,15,17,23H,13-14H2,1H3. The Morgan fingerprint density at radius 1 is 0.692 bits per heavy atom. The number of rotatable bonds is 3. The topological polar surface area (TPSA) is 0 Å². The minimum Gasteiger partial charge on any atom is -0.0652 e. The lowest BCUT2D eigenvalue weighted by molar-refractivity contribution is 0.618. The fourth-order valence-corrected chi connectivity index (χ4v) is 5.37. The average Bonchev–Trinajstić information content (AvgIpc) is 3.16. The van der Waals surface area contributed by atoms with Crippen LogP contribution in [-0.2, 0) is 0 Å².